The number of nitrogens with zero attached hydrogens (tertiary/aromatic N) is 1. The van der Waals surface area contributed by atoms with Crippen LogP contribution in [0.5, 0.6) is 5.75 Å². The number of anilines is 1. The minimum atomic E-state index is -0.218. The van der Waals surface area contributed by atoms with Crippen molar-refractivity contribution in [3.05, 3.63) is 48.4 Å². The van der Waals surface area contributed by atoms with Crippen LogP contribution < -0.4 is 10.1 Å². The van der Waals surface area contributed by atoms with Gasteiger partial charge in [-0.05, 0) is 37.1 Å². The Morgan fingerprint density at radius 2 is 2.15 bits per heavy atom. The van der Waals surface area contributed by atoms with Gasteiger partial charge in [-0.1, -0.05) is 12.1 Å². The van der Waals surface area contributed by atoms with Gasteiger partial charge in [0.05, 0.1) is 31.2 Å². The zero-order valence-corrected chi connectivity index (χ0v) is 15.6. The smallest absolute Gasteiger partial charge is 0.322 e. The molecule has 27 heavy (non-hydrogen) atoms. The summed E-state index contributed by atoms with van der Waals surface area (Å²) in [5.41, 5.74) is 0.621. The van der Waals surface area contributed by atoms with Crippen LogP contribution in [-0.4, -0.2) is 50.5 Å². The highest BCUT2D eigenvalue weighted by atomic mass is 16.5. The summed E-state index contributed by atoms with van der Waals surface area (Å²) in [7, 11) is 1.62. The predicted octanol–water partition coefficient (Wildman–Crippen LogP) is 3.52. The Kier molecular flexibility index (Phi) is 7.12. The minimum Gasteiger partial charge on any atom is -0.489 e. The Morgan fingerprint density at radius 3 is 2.89 bits per heavy atom. The van der Waals surface area contributed by atoms with E-state index >= 15 is 0 Å². The van der Waals surface area contributed by atoms with Gasteiger partial charge in [0.25, 0.3) is 0 Å². The van der Waals surface area contributed by atoms with Crippen molar-refractivity contribution in [2.24, 2.45) is 0 Å². The van der Waals surface area contributed by atoms with Gasteiger partial charge in [0.15, 0.2) is 0 Å². The zero-order chi connectivity index (χ0) is 18.9. The SMILES string of the molecule is COCCOc1ccccc1NC(=O)N(Cc1ccco1)CC1CCCO1. The number of benzene rings is 1. The van der Waals surface area contributed by atoms with Crippen LogP contribution in [0.1, 0.15) is 18.6 Å². The van der Waals surface area contributed by atoms with Crippen molar-refractivity contribution in [1.29, 1.82) is 0 Å². The Morgan fingerprint density at radius 1 is 1.26 bits per heavy atom. The molecule has 1 aliphatic rings. The Hall–Kier alpha value is -2.51. The summed E-state index contributed by atoms with van der Waals surface area (Å²) in [4.78, 5) is 14.7. The highest BCUT2D eigenvalue weighted by molar-refractivity contribution is 5.91. The highest BCUT2D eigenvalue weighted by Gasteiger charge is 2.24. The normalized spacial score (nSPS) is 16.3. The number of carbonyl (C=O) groups is 1. The fraction of sp³-hybridized carbons (Fsp3) is 0.450. The molecule has 1 fully saturated rings. The van der Waals surface area contributed by atoms with E-state index in [1.54, 1.807) is 18.3 Å². The molecule has 146 valence electrons. The molecule has 2 aromatic rings. The van der Waals surface area contributed by atoms with Crippen molar-refractivity contribution in [2.45, 2.75) is 25.5 Å². The Labute approximate surface area is 159 Å². The topological polar surface area (TPSA) is 73.2 Å². The molecule has 3 rings (SSSR count). The van der Waals surface area contributed by atoms with Gasteiger partial charge in [0.2, 0.25) is 0 Å². The number of rotatable bonds is 9. The van der Waals surface area contributed by atoms with Crippen LogP contribution in [0.2, 0.25) is 0 Å². The van der Waals surface area contributed by atoms with Crippen molar-refractivity contribution in [3.63, 3.8) is 0 Å². The van der Waals surface area contributed by atoms with Gasteiger partial charge < -0.3 is 28.8 Å². The zero-order valence-electron chi connectivity index (χ0n) is 15.6. The molecule has 2 heterocycles. The molecule has 7 nitrogen and oxygen atoms in total. The molecule has 1 unspecified atom stereocenters. The van der Waals surface area contributed by atoms with E-state index in [0.29, 0.717) is 37.7 Å². The van der Waals surface area contributed by atoms with Gasteiger partial charge in [0.1, 0.15) is 18.1 Å². The first-order valence-corrected chi connectivity index (χ1v) is 9.17. The van der Waals surface area contributed by atoms with E-state index in [9.17, 15) is 4.79 Å². The van der Waals surface area contributed by atoms with Gasteiger partial charge in [-0.2, -0.15) is 0 Å². The van der Waals surface area contributed by atoms with Gasteiger partial charge in [0, 0.05) is 20.3 Å². The van der Waals surface area contributed by atoms with Crippen LogP contribution >= 0.6 is 0 Å². The van der Waals surface area contributed by atoms with Crippen LogP contribution in [0.15, 0.2) is 47.1 Å². The molecule has 1 N–H and O–H groups in total. The minimum absolute atomic E-state index is 0.0545. The van der Waals surface area contributed by atoms with Crippen molar-refractivity contribution >= 4 is 11.7 Å². The van der Waals surface area contributed by atoms with Crippen molar-refractivity contribution in [3.8, 4) is 5.75 Å². The molecule has 2 amide bonds. The van der Waals surface area contributed by atoms with E-state index in [4.69, 9.17) is 18.6 Å². The number of furan rings is 1. The lowest BCUT2D eigenvalue weighted by atomic mass is 10.2. The van der Waals surface area contributed by atoms with Gasteiger partial charge in [-0.3, -0.25) is 0 Å². The predicted molar refractivity (Wildman–Crippen MR) is 101 cm³/mol. The molecule has 1 aromatic carbocycles. The summed E-state index contributed by atoms with van der Waals surface area (Å²) < 4.78 is 21.8. The second kappa shape index (κ2) is 9.99. The monoisotopic (exact) mass is 374 g/mol. The molecule has 0 aliphatic carbocycles. The molecule has 1 atom stereocenters. The average molecular weight is 374 g/mol. The largest absolute Gasteiger partial charge is 0.489 e. The summed E-state index contributed by atoms with van der Waals surface area (Å²) in [6.07, 6.45) is 3.64. The summed E-state index contributed by atoms with van der Waals surface area (Å²) in [5.74, 6) is 1.34. The number of hydrogen-bond acceptors (Lipinski definition) is 5. The maximum Gasteiger partial charge on any atom is 0.322 e. The quantitative estimate of drug-likeness (QED) is 0.680. The second-order valence-electron chi connectivity index (χ2n) is 6.36. The number of hydrogen-bond donors (Lipinski definition) is 1. The average Bonchev–Trinajstić information content (AvgIpc) is 3.37. The molecular formula is C20H26N2O5. The third kappa shape index (κ3) is 5.74. The van der Waals surface area contributed by atoms with Crippen LogP contribution in [0.4, 0.5) is 10.5 Å². The number of nitrogens with one attached hydrogen (secondary N) is 1. The third-order valence-corrected chi connectivity index (χ3v) is 4.34. The molecule has 1 aliphatic heterocycles. The standard InChI is InChI=1S/C20H26N2O5/c1-24-12-13-27-19-9-3-2-8-18(19)21-20(23)22(14-16-6-4-10-25-16)15-17-7-5-11-26-17/h2-4,6,8-10,17H,5,7,11-15H2,1H3,(H,21,23). The fourth-order valence-electron chi connectivity index (χ4n) is 2.97. The number of urea groups is 1. The van der Waals surface area contributed by atoms with E-state index in [-0.39, 0.29) is 12.1 Å². The summed E-state index contributed by atoms with van der Waals surface area (Å²) >= 11 is 0. The summed E-state index contributed by atoms with van der Waals surface area (Å²) in [6.45, 7) is 2.53. The molecule has 1 aromatic heterocycles. The van der Waals surface area contributed by atoms with Crippen molar-refractivity contribution in [2.75, 3.05) is 38.8 Å². The van der Waals surface area contributed by atoms with Crippen LogP contribution in [0, 0.1) is 0 Å². The lowest BCUT2D eigenvalue weighted by Crippen LogP contribution is -2.39. The first-order chi connectivity index (χ1) is 13.3. The van der Waals surface area contributed by atoms with E-state index in [0.717, 1.165) is 25.2 Å². The van der Waals surface area contributed by atoms with E-state index < -0.39 is 0 Å². The number of ether oxygens (including phenoxy) is 3. The van der Waals surface area contributed by atoms with Gasteiger partial charge in [-0.25, -0.2) is 4.79 Å². The van der Waals surface area contributed by atoms with Crippen LogP contribution in [0.25, 0.3) is 0 Å². The highest BCUT2D eigenvalue weighted by Crippen LogP contribution is 2.25. The van der Waals surface area contributed by atoms with Gasteiger partial charge in [-0.15, -0.1) is 0 Å². The first-order valence-electron chi connectivity index (χ1n) is 9.17. The van der Waals surface area contributed by atoms with E-state index in [1.165, 1.54) is 0 Å². The van der Waals surface area contributed by atoms with Crippen LogP contribution in [-0.2, 0) is 16.0 Å². The fourth-order valence-corrected chi connectivity index (χ4v) is 2.97. The van der Waals surface area contributed by atoms with E-state index in [2.05, 4.69) is 5.32 Å². The lowest BCUT2D eigenvalue weighted by molar-refractivity contribution is 0.0802. The summed E-state index contributed by atoms with van der Waals surface area (Å²) in [5, 5.41) is 2.95. The molecule has 0 radical (unpaired) electrons. The lowest BCUT2D eigenvalue weighted by Gasteiger charge is -2.25. The van der Waals surface area contributed by atoms with E-state index in [1.807, 2.05) is 36.4 Å². The van der Waals surface area contributed by atoms with Crippen LogP contribution in [0.3, 0.4) is 0 Å². The first kappa shape index (κ1) is 19.3. The molecular weight excluding hydrogens is 348 g/mol. The van der Waals surface area contributed by atoms with Gasteiger partial charge >= 0.3 is 6.03 Å². The number of methoxy groups -OCH3 is 1. The number of para-hydroxylation sites is 2. The van der Waals surface area contributed by atoms with Crippen molar-refractivity contribution < 1.29 is 23.4 Å². The maximum atomic E-state index is 12.9. The maximum absolute atomic E-state index is 12.9. The Balaban J connectivity index is 1.67. The Bertz CT molecular complexity index is 698. The molecule has 7 heteroatoms. The number of amides is 2. The molecule has 0 bridgehead atoms. The van der Waals surface area contributed by atoms with Crippen molar-refractivity contribution in [1.82, 2.24) is 4.90 Å². The molecule has 0 saturated carbocycles. The third-order valence-electron chi connectivity index (χ3n) is 4.34. The summed E-state index contributed by atoms with van der Waals surface area (Å²) in [6, 6.07) is 10.8. The molecule has 0 spiro atoms. The molecule has 1 saturated heterocycles. The second-order valence-corrected chi connectivity index (χ2v) is 6.36. The number of carbonyl (C=O) groups excluding carboxylic acids is 1.